The number of alkyl halides is 3. The molecule has 1 aromatic heterocycles. The highest BCUT2D eigenvalue weighted by Gasteiger charge is 2.36. The van der Waals surface area contributed by atoms with Crippen molar-refractivity contribution in [3.63, 3.8) is 0 Å². The van der Waals surface area contributed by atoms with Crippen molar-refractivity contribution in [1.29, 1.82) is 0 Å². The predicted molar refractivity (Wildman–Crippen MR) is 68.3 cm³/mol. The first kappa shape index (κ1) is 14.8. The molecule has 1 heterocycles. The molecule has 0 saturated carbocycles. The number of nitro groups is 1. The maximum absolute atomic E-state index is 13.1. The van der Waals surface area contributed by atoms with Gasteiger partial charge in [0.05, 0.1) is 10.5 Å². The minimum Gasteiger partial charge on any atom is -0.349 e. The van der Waals surface area contributed by atoms with Gasteiger partial charge in [-0.2, -0.15) is 13.2 Å². The standard InChI is InChI=1S/C13H9F3N2O3/c1-8-12(18(19)20)11(21-17-8)7-10(13(14,15)16)9-5-3-2-4-6-9/h2-7H,1H3. The van der Waals surface area contributed by atoms with Gasteiger partial charge in [0.1, 0.15) is 0 Å². The molecule has 0 N–H and O–H groups in total. The lowest BCUT2D eigenvalue weighted by Crippen LogP contribution is -2.10. The Morgan fingerprint density at radius 1 is 1.33 bits per heavy atom. The zero-order chi connectivity index (χ0) is 15.6. The van der Waals surface area contributed by atoms with Crippen molar-refractivity contribution in [3.05, 3.63) is 57.5 Å². The van der Waals surface area contributed by atoms with E-state index < -0.39 is 28.1 Å². The molecule has 0 fully saturated rings. The van der Waals surface area contributed by atoms with Gasteiger partial charge in [-0.3, -0.25) is 10.1 Å². The van der Waals surface area contributed by atoms with E-state index in [9.17, 15) is 23.3 Å². The Balaban J connectivity index is 2.61. The lowest BCUT2D eigenvalue weighted by Gasteiger charge is -2.11. The Labute approximate surface area is 116 Å². The van der Waals surface area contributed by atoms with Crippen LogP contribution in [0, 0.1) is 17.0 Å². The van der Waals surface area contributed by atoms with Crippen LogP contribution in [-0.4, -0.2) is 16.3 Å². The van der Waals surface area contributed by atoms with Crippen molar-refractivity contribution in [2.24, 2.45) is 0 Å². The van der Waals surface area contributed by atoms with Crippen molar-refractivity contribution < 1.29 is 22.6 Å². The first-order valence-electron chi connectivity index (χ1n) is 5.75. The summed E-state index contributed by atoms with van der Waals surface area (Å²) >= 11 is 0. The lowest BCUT2D eigenvalue weighted by atomic mass is 10.0. The van der Waals surface area contributed by atoms with Crippen LogP contribution in [0.4, 0.5) is 18.9 Å². The highest BCUT2D eigenvalue weighted by atomic mass is 19.4. The number of rotatable bonds is 3. The van der Waals surface area contributed by atoms with Crippen LogP contribution < -0.4 is 0 Å². The van der Waals surface area contributed by atoms with Gasteiger partial charge in [0.15, 0.2) is 5.69 Å². The zero-order valence-corrected chi connectivity index (χ0v) is 10.7. The van der Waals surface area contributed by atoms with Gasteiger partial charge in [-0.1, -0.05) is 35.5 Å². The van der Waals surface area contributed by atoms with Gasteiger partial charge in [0.25, 0.3) is 0 Å². The van der Waals surface area contributed by atoms with Crippen molar-refractivity contribution >= 4 is 17.3 Å². The molecule has 0 spiro atoms. The van der Waals surface area contributed by atoms with Gasteiger partial charge in [-0.25, -0.2) is 0 Å². The average molecular weight is 298 g/mol. The minimum atomic E-state index is -4.68. The van der Waals surface area contributed by atoms with Crippen LogP contribution in [0.15, 0.2) is 34.9 Å². The monoisotopic (exact) mass is 298 g/mol. The van der Waals surface area contributed by atoms with E-state index in [0.717, 1.165) is 0 Å². The fourth-order valence-corrected chi connectivity index (χ4v) is 1.78. The fourth-order valence-electron chi connectivity index (χ4n) is 1.78. The number of aryl methyl sites for hydroxylation is 1. The highest BCUT2D eigenvalue weighted by Crippen LogP contribution is 2.37. The van der Waals surface area contributed by atoms with Gasteiger partial charge >= 0.3 is 11.9 Å². The third-order valence-corrected chi connectivity index (χ3v) is 2.71. The summed E-state index contributed by atoms with van der Waals surface area (Å²) in [6, 6.07) is 6.96. The van der Waals surface area contributed by atoms with E-state index in [1.165, 1.54) is 31.2 Å². The van der Waals surface area contributed by atoms with Crippen molar-refractivity contribution in [2.75, 3.05) is 0 Å². The maximum atomic E-state index is 13.1. The summed E-state index contributed by atoms with van der Waals surface area (Å²) in [5.74, 6) is -0.534. The average Bonchev–Trinajstić information content (AvgIpc) is 2.77. The third kappa shape index (κ3) is 3.10. The molecular weight excluding hydrogens is 289 g/mol. The molecule has 2 aromatic rings. The largest absolute Gasteiger partial charge is 0.417 e. The number of allylic oxidation sites excluding steroid dienone is 1. The summed E-state index contributed by atoms with van der Waals surface area (Å²) in [4.78, 5) is 10.0. The molecule has 5 nitrogen and oxygen atoms in total. The van der Waals surface area contributed by atoms with Crippen LogP contribution in [-0.2, 0) is 0 Å². The van der Waals surface area contributed by atoms with Gasteiger partial charge in [-0.15, -0.1) is 0 Å². The molecule has 2 rings (SSSR count). The summed E-state index contributed by atoms with van der Waals surface area (Å²) < 4.78 is 44.0. The van der Waals surface area contributed by atoms with E-state index in [2.05, 4.69) is 9.68 Å². The van der Waals surface area contributed by atoms with E-state index >= 15 is 0 Å². The Bertz CT molecular complexity index is 690. The second kappa shape index (κ2) is 5.39. The van der Waals surface area contributed by atoms with E-state index in [-0.39, 0.29) is 11.3 Å². The van der Waals surface area contributed by atoms with E-state index in [1.54, 1.807) is 6.07 Å². The van der Waals surface area contributed by atoms with Crippen molar-refractivity contribution in [3.8, 4) is 0 Å². The van der Waals surface area contributed by atoms with Gasteiger partial charge in [-0.05, 0) is 12.5 Å². The van der Waals surface area contributed by atoms with Crippen LogP contribution >= 0.6 is 0 Å². The molecular formula is C13H9F3N2O3. The van der Waals surface area contributed by atoms with Crippen LogP contribution in [0.25, 0.3) is 11.6 Å². The molecule has 8 heteroatoms. The molecule has 0 bridgehead atoms. The van der Waals surface area contributed by atoms with Crippen LogP contribution in [0.3, 0.4) is 0 Å². The van der Waals surface area contributed by atoms with Crippen LogP contribution in [0.5, 0.6) is 0 Å². The van der Waals surface area contributed by atoms with Gasteiger partial charge < -0.3 is 4.52 Å². The fraction of sp³-hybridized carbons (Fsp3) is 0.154. The molecule has 110 valence electrons. The lowest BCUT2D eigenvalue weighted by molar-refractivity contribution is -0.386. The Morgan fingerprint density at radius 3 is 2.48 bits per heavy atom. The summed E-state index contributed by atoms with van der Waals surface area (Å²) in [5.41, 5.74) is -1.82. The molecule has 0 atom stereocenters. The number of nitrogens with zero attached hydrogens (tertiary/aromatic N) is 2. The van der Waals surface area contributed by atoms with Gasteiger partial charge in [0, 0.05) is 6.08 Å². The first-order valence-corrected chi connectivity index (χ1v) is 5.75. The molecule has 0 aliphatic rings. The minimum absolute atomic E-state index is 0.0826. The molecule has 0 amide bonds. The Kier molecular flexibility index (Phi) is 3.79. The molecule has 0 aliphatic heterocycles. The topological polar surface area (TPSA) is 69.2 Å². The highest BCUT2D eigenvalue weighted by molar-refractivity contribution is 5.85. The normalized spacial score (nSPS) is 12.5. The number of hydrogen-bond donors (Lipinski definition) is 0. The Morgan fingerprint density at radius 2 is 1.95 bits per heavy atom. The second-order valence-corrected chi connectivity index (χ2v) is 4.16. The number of benzene rings is 1. The molecule has 0 saturated heterocycles. The molecule has 1 aromatic carbocycles. The smallest absolute Gasteiger partial charge is 0.349 e. The summed E-state index contributed by atoms with van der Waals surface area (Å²) in [6.07, 6.45) is -4.09. The molecule has 0 aliphatic carbocycles. The first-order chi connectivity index (χ1) is 9.80. The predicted octanol–water partition coefficient (Wildman–Crippen LogP) is 3.99. The maximum Gasteiger partial charge on any atom is 0.417 e. The number of hydrogen-bond acceptors (Lipinski definition) is 4. The SMILES string of the molecule is Cc1noc(C=C(c2ccccc2)C(F)(F)F)c1[N+](=O)[O-]. The van der Waals surface area contributed by atoms with E-state index in [0.29, 0.717) is 6.08 Å². The van der Waals surface area contributed by atoms with Crippen molar-refractivity contribution in [2.45, 2.75) is 13.1 Å². The zero-order valence-electron chi connectivity index (χ0n) is 10.7. The third-order valence-electron chi connectivity index (χ3n) is 2.71. The number of halogens is 3. The second-order valence-electron chi connectivity index (χ2n) is 4.16. The summed E-state index contributed by atoms with van der Waals surface area (Å²) in [7, 11) is 0. The van der Waals surface area contributed by atoms with Crippen LogP contribution in [0.1, 0.15) is 17.0 Å². The summed E-state index contributed by atoms with van der Waals surface area (Å²) in [6.45, 7) is 1.29. The van der Waals surface area contributed by atoms with Crippen LogP contribution in [0.2, 0.25) is 0 Å². The quantitative estimate of drug-likeness (QED) is 0.634. The molecule has 0 radical (unpaired) electrons. The van der Waals surface area contributed by atoms with E-state index in [1.807, 2.05) is 0 Å². The summed E-state index contributed by atoms with van der Waals surface area (Å²) in [5, 5.41) is 14.2. The van der Waals surface area contributed by atoms with Gasteiger partial charge in [0.2, 0.25) is 5.76 Å². The molecule has 0 unspecified atom stereocenters. The van der Waals surface area contributed by atoms with Crippen molar-refractivity contribution in [1.82, 2.24) is 5.16 Å². The number of aromatic nitrogens is 1. The molecule has 21 heavy (non-hydrogen) atoms. The van der Waals surface area contributed by atoms with E-state index in [4.69, 9.17) is 0 Å². The Hall–Kier alpha value is -2.64.